The fourth-order valence-corrected chi connectivity index (χ4v) is 6.39. The summed E-state index contributed by atoms with van der Waals surface area (Å²) in [5.74, 6) is -2.99. The van der Waals surface area contributed by atoms with Crippen molar-refractivity contribution in [2.45, 2.75) is 68.4 Å². The number of fused-ring (bicyclic) bond motifs is 2. The molecule has 4 N–H and O–H groups in total. The molecule has 3 heterocycles. The first-order chi connectivity index (χ1) is 22.4. The minimum atomic E-state index is -1.69. The van der Waals surface area contributed by atoms with Crippen LogP contribution in [0.15, 0.2) is 42.6 Å². The van der Waals surface area contributed by atoms with Crippen LogP contribution >= 0.6 is 11.6 Å². The average molecular weight is 664 g/mol. The van der Waals surface area contributed by atoms with Crippen LogP contribution in [0.1, 0.15) is 67.1 Å². The molecule has 2 aromatic carbocycles. The molecule has 4 aromatic rings. The minimum Gasteiger partial charge on any atom is -0.489 e. The zero-order valence-corrected chi connectivity index (χ0v) is 26.2. The number of benzene rings is 2. The topological polar surface area (TPSA) is 142 Å². The van der Waals surface area contributed by atoms with Crippen molar-refractivity contribution in [1.82, 2.24) is 20.1 Å². The number of nitrogens with one attached hydrogen (secondary N) is 1. The van der Waals surface area contributed by atoms with E-state index >= 15 is 4.39 Å². The number of halogens is 3. The molecule has 0 spiro atoms. The maximum Gasteiger partial charge on any atom is 0.251 e. The van der Waals surface area contributed by atoms with Gasteiger partial charge in [0.05, 0.1) is 18.3 Å². The summed E-state index contributed by atoms with van der Waals surface area (Å²) < 4.78 is 43.3. The molecule has 3 aliphatic carbocycles. The number of hydrogen-bond acceptors (Lipinski definition) is 7. The van der Waals surface area contributed by atoms with Gasteiger partial charge in [0.15, 0.2) is 0 Å². The molecule has 8 rings (SSSR count). The lowest BCUT2D eigenvalue weighted by molar-refractivity contribution is -0.123. The Kier molecular flexibility index (Phi) is 6.62. The molecule has 47 heavy (non-hydrogen) atoms. The number of carbonyl (C=O) groups is 2. The van der Waals surface area contributed by atoms with Gasteiger partial charge in [0.1, 0.15) is 46.1 Å². The molecule has 2 amide bonds. The molecule has 3 saturated carbocycles. The number of aliphatic hydroxyl groups is 1. The van der Waals surface area contributed by atoms with Crippen molar-refractivity contribution < 1.29 is 33.0 Å². The predicted molar refractivity (Wildman–Crippen MR) is 167 cm³/mol. The highest BCUT2D eigenvalue weighted by Gasteiger charge is 2.50. The zero-order chi connectivity index (χ0) is 32.9. The van der Waals surface area contributed by atoms with E-state index in [-0.39, 0.29) is 58.5 Å². The van der Waals surface area contributed by atoms with E-state index in [4.69, 9.17) is 31.8 Å². The average Bonchev–Trinajstić information content (AvgIpc) is 3.99. The number of amides is 2. The maximum atomic E-state index is 15.2. The number of alkyl halides is 1. The highest BCUT2D eigenvalue weighted by atomic mass is 35.5. The van der Waals surface area contributed by atoms with Crippen LogP contribution in [0.25, 0.3) is 22.2 Å². The standard InChI is InChI=1S/C34H32ClF2N5O5/c1-32(31(38)44)16-46-29-23(32)13-26(40-28(29)22-12-20(35)4-7-24(22)36)34(45,19-2-3-19)15-39-30(43)17-10-18-14-42(33(37)8-9-33)41-27(18)25(11-17)47-21-5-6-21/h4,7,10-14,19,21,45H,2-3,5-6,8-9,15-16H2,1H3,(H2,38,44)(H,39,43)/t32-,34+/m0/s1. The van der Waals surface area contributed by atoms with Gasteiger partial charge in [-0.3, -0.25) is 9.59 Å². The quantitative estimate of drug-likeness (QED) is 0.217. The van der Waals surface area contributed by atoms with E-state index in [0.29, 0.717) is 47.9 Å². The number of nitrogens with two attached hydrogens (primary N) is 1. The SMILES string of the molecule is C[C@]1(C(N)=O)COc2c1cc([C@@](O)(CNC(=O)c1cc(OC3CC3)c3nn(C4(F)CC4)cc3c1)C1CC1)nc2-c1cc(Cl)ccc1F. The van der Waals surface area contributed by atoms with Crippen molar-refractivity contribution in [3.05, 3.63) is 70.3 Å². The van der Waals surface area contributed by atoms with E-state index in [9.17, 15) is 19.1 Å². The fraction of sp³-hybridized carbons (Fsp3) is 0.412. The zero-order valence-electron chi connectivity index (χ0n) is 25.5. The van der Waals surface area contributed by atoms with Crippen molar-refractivity contribution in [1.29, 1.82) is 0 Å². The molecule has 2 atom stereocenters. The van der Waals surface area contributed by atoms with Crippen LogP contribution in [0.4, 0.5) is 8.78 Å². The molecule has 0 unspecified atom stereocenters. The molecule has 0 radical (unpaired) electrons. The van der Waals surface area contributed by atoms with Gasteiger partial charge in [-0.15, -0.1) is 0 Å². The lowest BCUT2D eigenvalue weighted by Crippen LogP contribution is -2.44. The number of aromatic nitrogens is 3. The first-order valence-corrected chi connectivity index (χ1v) is 16.1. The lowest BCUT2D eigenvalue weighted by atomic mass is 9.81. The minimum absolute atomic E-state index is 0.0151. The summed E-state index contributed by atoms with van der Waals surface area (Å²) in [6.45, 7) is 1.29. The molecular formula is C34H32ClF2N5O5. The van der Waals surface area contributed by atoms with Crippen LogP contribution in [0.5, 0.6) is 11.5 Å². The van der Waals surface area contributed by atoms with E-state index in [0.717, 1.165) is 12.8 Å². The number of ether oxygens (including phenoxy) is 2. The molecule has 0 saturated heterocycles. The van der Waals surface area contributed by atoms with Crippen molar-refractivity contribution in [3.63, 3.8) is 0 Å². The van der Waals surface area contributed by atoms with Gasteiger partial charge >= 0.3 is 0 Å². The Morgan fingerprint density at radius 1 is 1.21 bits per heavy atom. The normalized spacial score (nSPS) is 22.3. The molecule has 2 aromatic heterocycles. The summed E-state index contributed by atoms with van der Waals surface area (Å²) in [5.41, 5.74) is 4.18. The van der Waals surface area contributed by atoms with Gasteiger partial charge in [-0.25, -0.2) is 18.4 Å². The lowest BCUT2D eigenvalue weighted by Gasteiger charge is -2.30. The second-order valence-electron chi connectivity index (χ2n) is 13.4. The second kappa shape index (κ2) is 10.4. The third-order valence-corrected chi connectivity index (χ3v) is 9.98. The Hall–Kier alpha value is -4.29. The van der Waals surface area contributed by atoms with Crippen molar-refractivity contribution in [3.8, 4) is 22.8 Å². The molecular weight excluding hydrogens is 632 g/mol. The van der Waals surface area contributed by atoms with Gasteiger partial charge in [0.25, 0.3) is 5.91 Å². The summed E-state index contributed by atoms with van der Waals surface area (Å²) in [6.07, 6.45) is 5.43. The Balaban J connectivity index is 1.16. The smallest absolute Gasteiger partial charge is 0.251 e. The summed E-state index contributed by atoms with van der Waals surface area (Å²) >= 11 is 6.22. The molecule has 3 fully saturated rings. The van der Waals surface area contributed by atoms with Gasteiger partial charge < -0.3 is 25.6 Å². The second-order valence-corrected chi connectivity index (χ2v) is 13.9. The van der Waals surface area contributed by atoms with E-state index in [1.54, 1.807) is 31.3 Å². The number of rotatable bonds is 10. The number of pyridine rings is 1. The molecule has 0 bridgehead atoms. The van der Waals surface area contributed by atoms with Crippen molar-refractivity contribution >= 4 is 34.3 Å². The largest absolute Gasteiger partial charge is 0.489 e. The van der Waals surface area contributed by atoms with Gasteiger partial charge in [0, 0.05) is 46.1 Å². The molecule has 10 nitrogen and oxygen atoms in total. The fourth-order valence-electron chi connectivity index (χ4n) is 6.22. The number of hydrogen-bond donors (Lipinski definition) is 3. The third-order valence-electron chi connectivity index (χ3n) is 9.74. The van der Waals surface area contributed by atoms with Crippen LogP contribution < -0.4 is 20.5 Å². The van der Waals surface area contributed by atoms with Gasteiger partial charge in [-0.1, -0.05) is 11.6 Å². The molecule has 244 valence electrons. The number of primary amides is 1. The maximum absolute atomic E-state index is 15.2. The number of nitrogens with zero attached hydrogens (tertiary/aromatic N) is 3. The van der Waals surface area contributed by atoms with Crippen molar-refractivity contribution in [2.75, 3.05) is 13.2 Å². The monoisotopic (exact) mass is 663 g/mol. The van der Waals surface area contributed by atoms with Crippen LogP contribution in [0, 0.1) is 11.7 Å². The van der Waals surface area contributed by atoms with Crippen LogP contribution in [-0.2, 0) is 21.6 Å². The van der Waals surface area contributed by atoms with E-state index < -0.39 is 34.4 Å². The number of carbonyl (C=O) groups excluding carboxylic acids is 2. The first-order valence-electron chi connectivity index (χ1n) is 15.7. The summed E-state index contributed by atoms with van der Waals surface area (Å²) in [7, 11) is 0. The highest BCUT2D eigenvalue weighted by molar-refractivity contribution is 6.30. The van der Waals surface area contributed by atoms with Crippen LogP contribution in [-0.4, -0.2) is 50.9 Å². The van der Waals surface area contributed by atoms with Crippen molar-refractivity contribution in [2.24, 2.45) is 11.7 Å². The summed E-state index contributed by atoms with van der Waals surface area (Å²) in [4.78, 5) is 31.0. The van der Waals surface area contributed by atoms with Crippen LogP contribution in [0.2, 0.25) is 5.02 Å². The molecule has 1 aliphatic heterocycles. The van der Waals surface area contributed by atoms with Gasteiger partial charge in [-0.2, -0.15) is 5.10 Å². The van der Waals surface area contributed by atoms with Crippen LogP contribution in [0.3, 0.4) is 0 Å². The molecule has 13 heteroatoms. The Labute approximate surface area is 273 Å². The Morgan fingerprint density at radius 3 is 2.66 bits per heavy atom. The Morgan fingerprint density at radius 2 is 1.98 bits per heavy atom. The first kappa shape index (κ1) is 30.1. The van der Waals surface area contributed by atoms with Gasteiger partial charge in [-0.05, 0) is 74.9 Å². The van der Waals surface area contributed by atoms with E-state index in [2.05, 4.69) is 10.4 Å². The third kappa shape index (κ3) is 5.09. The summed E-state index contributed by atoms with van der Waals surface area (Å²) in [6, 6.07) is 8.78. The predicted octanol–water partition coefficient (Wildman–Crippen LogP) is 5.01. The van der Waals surface area contributed by atoms with E-state index in [1.807, 2.05) is 0 Å². The van der Waals surface area contributed by atoms with Gasteiger partial charge in [0.2, 0.25) is 11.7 Å². The highest BCUT2D eigenvalue weighted by Crippen LogP contribution is 2.50. The summed E-state index contributed by atoms with van der Waals surface area (Å²) in [5, 5.41) is 20.4. The Bertz CT molecular complexity index is 1990. The molecule has 4 aliphatic rings. The van der Waals surface area contributed by atoms with E-state index in [1.165, 1.54) is 22.9 Å².